The molecule has 0 radical (unpaired) electrons. The zero-order valence-corrected chi connectivity index (χ0v) is 13.5. The Kier molecular flexibility index (Phi) is 4.86. The van der Waals surface area contributed by atoms with Gasteiger partial charge in [-0.25, -0.2) is 9.97 Å². The van der Waals surface area contributed by atoms with Crippen molar-refractivity contribution in [3.63, 3.8) is 0 Å². The first-order valence-electron chi connectivity index (χ1n) is 7.86. The summed E-state index contributed by atoms with van der Waals surface area (Å²) in [6.45, 7) is 2.71. The fourth-order valence-electron chi connectivity index (χ4n) is 2.40. The Morgan fingerprint density at radius 1 is 1.04 bits per heavy atom. The Bertz CT molecular complexity index is 804. The molecule has 0 aliphatic rings. The van der Waals surface area contributed by atoms with E-state index in [-0.39, 0.29) is 0 Å². The van der Waals surface area contributed by atoms with Gasteiger partial charge in [0.1, 0.15) is 12.0 Å². The summed E-state index contributed by atoms with van der Waals surface area (Å²) in [5.74, 6) is 1.20. The molecular weight excluding hydrogens is 300 g/mol. The molecule has 0 saturated carbocycles. The molecule has 0 aliphatic carbocycles. The smallest absolute Gasteiger partial charge is 0.159 e. The molecule has 6 nitrogen and oxygen atoms in total. The number of hydrogen-bond acceptors (Lipinski definition) is 6. The van der Waals surface area contributed by atoms with E-state index in [2.05, 4.69) is 38.6 Å². The summed E-state index contributed by atoms with van der Waals surface area (Å²) in [5.41, 5.74) is 9.98. The maximum Gasteiger partial charge on any atom is 0.159 e. The molecule has 0 spiro atoms. The van der Waals surface area contributed by atoms with Crippen LogP contribution in [0.5, 0.6) is 0 Å². The number of nitrogen functional groups attached to an aromatic ring is 1. The predicted molar refractivity (Wildman–Crippen MR) is 97.1 cm³/mol. The van der Waals surface area contributed by atoms with Crippen molar-refractivity contribution in [2.75, 3.05) is 16.4 Å². The number of nitrogens with zero attached hydrogens (tertiary/aromatic N) is 3. The molecule has 122 valence electrons. The van der Waals surface area contributed by atoms with Crippen molar-refractivity contribution in [2.45, 2.75) is 19.9 Å². The standard InChI is InChI=1S/C18H20N6/c1-2-14-7-3-4-8-15(14)24-18-16(19)17(22-12-23-18)21-11-13-6-5-9-20-10-13/h3-10,12H,2,11,19H2,1H3,(H2,21,22,23,24). The van der Waals surface area contributed by atoms with Crippen LogP contribution < -0.4 is 16.4 Å². The number of para-hydroxylation sites is 1. The molecule has 0 unspecified atom stereocenters. The van der Waals surface area contributed by atoms with Crippen LogP contribution in [0, 0.1) is 0 Å². The predicted octanol–water partition coefficient (Wildman–Crippen LogP) is 3.37. The Balaban J connectivity index is 1.78. The monoisotopic (exact) mass is 320 g/mol. The summed E-state index contributed by atoms with van der Waals surface area (Å²) < 4.78 is 0. The van der Waals surface area contributed by atoms with Crippen molar-refractivity contribution >= 4 is 23.0 Å². The summed E-state index contributed by atoms with van der Waals surface area (Å²) in [6.07, 6.45) is 5.98. The van der Waals surface area contributed by atoms with Crippen LogP contribution in [-0.2, 0) is 13.0 Å². The Morgan fingerprint density at radius 2 is 1.88 bits per heavy atom. The highest BCUT2D eigenvalue weighted by atomic mass is 15.1. The third kappa shape index (κ3) is 3.60. The van der Waals surface area contributed by atoms with Gasteiger partial charge in [-0.2, -0.15) is 0 Å². The van der Waals surface area contributed by atoms with Gasteiger partial charge < -0.3 is 16.4 Å². The highest BCUT2D eigenvalue weighted by Crippen LogP contribution is 2.27. The van der Waals surface area contributed by atoms with Crippen LogP contribution in [0.1, 0.15) is 18.1 Å². The van der Waals surface area contributed by atoms with Crippen LogP contribution in [0.25, 0.3) is 0 Å². The topological polar surface area (TPSA) is 88.8 Å². The maximum atomic E-state index is 6.22. The van der Waals surface area contributed by atoms with E-state index in [0.29, 0.717) is 23.9 Å². The minimum Gasteiger partial charge on any atom is -0.393 e. The number of benzene rings is 1. The summed E-state index contributed by atoms with van der Waals surface area (Å²) >= 11 is 0. The SMILES string of the molecule is CCc1ccccc1Nc1ncnc(NCc2cccnc2)c1N. The number of anilines is 4. The summed E-state index contributed by atoms with van der Waals surface area (Å²) in [4.78, 5) is 12.6. The van der Waals surface area contributed by atoms with Crippen LogP contribution in [0.15, 0.2) is 55.1 Å². The third-order valence-electron chi connectivity index (χ3n) is 3.72. The Morgan fingerprint density at radius 3 is 2.67 bits per heavy atom. The Labute approximate surface area is 141 Å². The first-order valence-corrected chi connectivity index (χ1v) is 7.86. The zero-order valence-electron chi connectivity index (χ0n) is 13.5. The fourth-order valence-corrected chi connectivity index (χ4v) is 2.40. The van der Waals surface area contributed by atoms with Crippen LogP contribution in [0.2, 0.25) is 0 Å². The minimum absolute atomic E-state index is 0.493. The van der Waals surface area contributed by atoms with Crippen LogP contribution in [0.3, 0.4) is 0 Å². The van der Waals surface area contributed by atoms with E-state index in [1.807, 2.05) is 30.3 Å². The summed E-state index contributed by atoms with van der Waals surface area (Å²) in [6, 6.07) is 12.0. The summed E-state index contributed by atoms with van der Waals surface area (Å²) in [7, 11) is 0. The van der Waals surface area contributed by atoms with Crippen LogP contribution in [0.4, 0.5) is 23.0 Å². The van der Waals surface area contributed by atoms with Crippen molar-refractivity contribution in [3.8, 4) is 0 Å². The third-order valence-corrected chi connectivity index (χ3v) is 3.72. The van der Waals surface area contributed by atoms with Gasteiger partial charge in [-0.15, -0.1) is 0 Å². The lowest BCUT2D eigenvalue weighted by Gasteiger charge is -2.14. The van der Waals surface area contributed by atoms with E-state index in [0.717, 1.165) is 17.7 Å². The van der Waals surface area contributed by atoms with Gasteiger partial charge in [0.05, 0.1) is 0 Å². The van der Waals surface area contributed by atoms with E-state index in [4.69, 9.17) is 5.73 Å². The number of aromatic nitrogens is 3. The van der Waals surface area contributed by atoms with Crippen LogP contribution in [-0.4, -0.2) is 15.0 Å². The number of aryl methyl sites for hydroxylation is 1. The van der Waals surface area contributed by atoms with E-state index in [1.165, 1.54) is 11.9 Å². The van der Waals surface area contributed by atoms with E-state index >= 15 is 0 Å². The lowest BCUT2D eigenvalue weighted by atomic mass is 10.1. The first-order chi connectivity index (χ1) is 11.8. The number of pyridine rings is 1. The second-order valence-corrected chi connectivity index (χ2v) is 5.34. The largest absolute Gasteiger partial charge is 0.393 e. The van der Waals surface area contributed by atoms with Gasteiger partial charge in [-0.05, 0) is 29.7 Å². The molecule has 0 bridgehead atoms. The quantitative estimate of drug-likeness (QED) is 0.645. The van der Waals surface area contributed by atoms with E-state index in [9.17, 15) is 0 Å². The molecule has 2 aromatic heterocycles. The molecule has 2 heterocycles. The maximum absolute atomic E-state index is 6.22. The van der Waals surface area contributed by atoms with E-state index in [1.54, 1.807) is 12.4 Å². The fraction of sp³-hybridized carbons (Fsp3) is 0.167. The second-order valence-electron chi connectivity index (χ2n) is 5.34. The molecule has 24 heavy (non-hydrogen) atoms. The second kappa shape index (κ2) is 7.41. The highest BCUT2D eigenvalue weighted by Gasteiger charge is 2.09. The molecular formula is C18H20N6. The molecule has 4 N–H and O–H groups in total. The minimum atomic E-state index is 0.493. The molecule has 0 aliphatic heterocycles. The molecule has 0 fully saturated rings. The van der Waals surface area contributed by atoms with Gasteiger partial charge in [0, 0.05) is 24.6 Å². The molecule has 6 heteroatoms. The number of nitrogens with one attached hydrogen (secondary N) is 2. The molecule has 0 atom stereocenters. The van der Waals surface area contributed by atoms with Gasteiger partial charge in [0.25, 0.3) is 0 Å². The normalized spacial score (nSPS) is 10.4. The van der Waals surface area contributed by atoms with Gasteiger partial charge in [0.2, 0.25) is 0 Å². The molecule has 0 amide bonds. The van der Waals surface area contributed by atoms with Crippen molar-refractivity contribution in [1.29, 1.82) is 0 Å². The van der Waals surface area contributed by atoms with Crippen molar-refractivity contribution in [3.05, 3.63) is 66.2 Å². The van der Waals surface area contributed by atoms with Crippen LogP contribution >= 0.6 is 0 Å². The average Bonchev–Trinajstić information content (AvgIpc) is 2.64. The lowest BCUT2D eigenvalue weighted by Crippen LogP contribution is -2.08. The van der Waals surface area contributed by atoms with Gasteiger partial charge >= 0.3 is 0 Å². The zero-order chi connectivity index (χ0) is 16.8. The van der Waals surface area contributed by atoms with Gasteiger partial charge in [-0.3, -0.25) is 4.98 Å². The molecule has 1 aromatic carbocycles. The average molecular weight is 320 g/mol. The molecule has 3 aromatic rings. The van der Waals surface area contributed by atoms with Crippen molar-refractivity contribution in [2.24, 2.45) is 0 Å². The lowest BCUT2D eigenvalue weighted by molar-refractivity contribution is 1.07. The van der Waals surface area contributed by atoms with Gasteiger partial charge in [-0.1, -0.05) is 31.2 Å². The highest BCUT2D eigenvalue weighted by molar-refractivity contribution is 5.78. The first kappa shape index (κ1) is 15.7. The summed E-state index contributed by atoms with van der Waals surface area (Å²) in [5, 5.41) is 6.53. The van der Waals surface area contributed by atoms with Crippen molar-refractivity contribution in [1.82, 2.24) is 15.0 Å². The van der Waals surface area contributed by atoms with E-state index < -0.39 is 0 Å². The molecule has 0 saturated heterocycles. The number of nitrogens with two attached hydrogens (primary N) is 1. The molecule has 3 rings (SSSR count). The Hall–Kier alpha value is -3.15. The number of hydrogen-bond donors (Lipinski definition) is 3. The van der Waals surface area contributed by atoms with Gasteiger partial charge in [0.15, 0.2) is 11.6 Å². The number of rotatable bonds is 6. The van der Waals surface area contributed by atoms with Crippen molar-refractivity contribution < 1.29 is 0 Å².